The number of aromatic nitrogens is 2. The first-order valence-electron chi connectivity index (χ1n) is 7.30. The average Bonchev–Trinajstić information content (AvgIpc) is 2.85. The van der Waals surface area contributed by atoms with Crippen molar-refractivity contribution in [2.75, 3.05) is 0 Å². The van der Waals surface area contributed by atoms with Gasteiger partial charge in [-0.25, -0.2) is 19.1 Å². The van der Waals surface area contributed by atoms with Crippen LogP contribution in [0.2, 0.25) is 0 Å². The molecular weight excluding hydrogens is 296 g/mol. The number of aryl methyl sites for hydroxylation is 2. The Morgan fingerprint density at radius 3 is 2.74 bits per heavy atom. The van der Waals surface area contributed by atoms with Gasteiger partial charge in [-0.1, -0.05) is 29.8 Å². The second kappa shape index (κ2) is 6.08. The van der Waals surface area contributed by atoms with E-state index in [0.29, 0.717) is 12.0 Å². The van der Waals surface area contributed by atoms with Crippen LogP contribution in [-0.2, 0) is 11.2 Å². The Morgan fingerprint density at radius 1 is 1.30 bits per heavy atom. The maximum Gasteiger partial charge on any atom is 0.422 e. The minimum Gasteiger partial charge on any atom is -0.480 e. The monoisotopic (exact) mass is 312 g/mol. The fourth-order valence-electron chi connectivity index (χ4n) is 2.57. The molecule has 3 rings (SSSR count). The molecule has 2 aromatic heterocycles. The van der Waals surface area contributed by atoms with Gasteiger partial charge in [-0.05, 0) is 37.5 Å². The van der Waals surface area contributed by atoms with Crippen LogP contribution in [-0.4, -0.2) is 20.6 Å². The van der Waals surface area contributed by atoms with Gasteiger partial charge in [0.15, 0.2) is 11.2 Å². The van der Waals surface area contributed by atoms with Crippen molar-refractivity contribution >= 4 is 17.2 Å². The zero-order valence-corrected chi connectivity index (χ0v) is 12.6. The number of carboxylic acid groups (broad SMARTS) is 1. The molecule has 6 nitrogen and oxygen atoms in total. The van der Waals surface area contributed by atoms with E-state index in [2.05, 4.69) is 4.98 Å². The van der Waals surface area contributed by atoms with Gasteiger partial charge >= 0.3 is 11.7 Å². The molecule has 1 unspecified atom stereocenters. The van der Waals surface area contributed by atoms with Crippen LogP contribution < -0.4 is 5.76 Å². The van der Waals surface area contributed by atoms with Crippen LogP contribution in [0.15, 0.2) is 51.8 Å². The second-order valence-corrected chi connectivity index (χ2v) is 5.44. The molecule has 3 aromatic rings. The largest absolute Gasteiger partial charge is 0.480 e. The lowest BCUT2D eigenvalue weighted by Crippen LogP contribution is -2.27. The highest BCUT2D eigenvalue weighted by Crippen LogP contribution is 2.20. The van der Waals surface area contributed by atoms with E-state index in [9.17, 15) is 14.7 Å². The van der Waals surface area contributed by atoms with Gasteiger partial charge in [0.1, 0.15) is 6.04 Å². The lowest BCUT2D eigenvalue weighted by molar-refractivity contribution is -0.141. The molecule has 0 saturated carbocycles. The molecule has 0 amide bonds. The maximum absolute atomic E-state index is 12.0. The number of fused-ring (bicyclic) bond motifs is 1. The summed E-state index contributed by atoms with van der Waals surface area (Å²) in [6.07, 6.45) is 2.33. The third-order valence-electron chi connectivity index (χ3n) is 3.80. The van der Waals surface area contributed by atoms with Crippen molar-refractivity contribution < 1.29 is 14.3 Å². The van der Waals surface area contributed by atoms with E-state index < -0.39 is 17.8 Å². The molecule has 1 N–H and O–H groups in total. The van der Waals surface area contributed by atoms with E-state index in [1.807, 2.05) is 31.2 Å². The summed E-state index contributed by atoms with van der Waals surface area (Å²) in [5.74, 6) is -1.78. The Morgan fingerprint density at radius 2 is 2.04 bits per heavy atom. The van der Waals surface area contributed by atoms with Gasteiger partial charge in [0, 0.05) is 6.20 Å². The zero-order valence-electron chi connectivity index (χ0n) is 12.6. The molecular formula is C17H16N2O4. The zero-order chi connectivity index (χ0) is 16.4. The molecule has 6 heteroatoms. The summed E-state index contributed by atoms with van der Waals surface area (Å²) in [5, 5.41) is 9.52. The van der Waals surface area contributed by atoms with Gasteiger partial charge in [0.2, 0.25) is 0 Å². The number of hydrogen-bond acceptors (Lipinski definition) is 4. The number of rotatable bonds is 5. The van der Waals surface area contributed by atoms with Crippen LogP contribution in [0.25, 0.3) is 11.2 Å². The van der Waals surface area contributed by atoms with Gasteiger partial charge in [0.25, 0.3) is 0 Å². The highest BCUT2D eigenvalue weighted by molar-refractivity contribution is 5.76. The number of carbonyl (C=O) groups is 1. The van der Waals surface area contributed by atoms with Crippen molar-refractivity contribution in [3.63, 3.8) is 0 Å². The average molecular weight is 312 g/mol. The summed E-state index contributed by atoms with van der Waals surface area (Å²) in [6.45, 7) is 1.99. The SMILES string of the molecule is Cc1ccc(CCC(C(=O)O)n2c(=O)oc3cccnc32)cc1. The Hall–Kier alpha value is -2.89. The van der Waals surface area contributed by atoms with Crippen LogP contribution >= 0.6 is 0 Å². The summed E-state index contributed by atoms with van der Waals surface area (Å²) in [7, 11) is 0. The summed E-state index contributed by atoms with van der Waals surface area (Å²) in [4.78, 5) is 27.8. The minimum absolute atomic E-state index is 0.258. The molecule has 0 aliphatic heterocycles. The topological polar surface area (TPSA) is 85.3 Å². The molecule has 1 aromatic carbocycles. The number of benzene rings is 1. The maximum atomic E-state index is 12.0. The van der Waals surface area contributed by atoms with Crippen LogP contribution in [0.1, 0.15) is 23.6 Å². The molecule has 0 fully saturated rings. The summed E-state index contributed by atoms with van der Waals surface area (Å²) in [6, 6.07) is 10.1. The van der Waals surface area contributed by atoms with Crippen molar-refractivity contribution in [2.45, 2.75) is 25.8 Å². The predicted octanol–water partition coefficient (Wildman–Crippen LogP) is 2.56. The number of nitrogens with zero attached hydrogens (tertiary/aromatic N) is 2. The predicted molar refractivity (Wildman–Crippen MR) is 84.4 cm³/mol. The molecule has 0 aliphatic rings. The van der Waals surface area contributed by atoms with E-state index >= 15 is 0 Å². The summed E-state index contributed by atoms with van der Waals surface area (Å²) in [5.41, 5.74) is 2.72. The van der Waals surface area contributed by atoms with Gasteiger partial charge in [-0.3, -0.25) is 0 Å². The van der Waals surface area contributed by atoms with Crippen molar-refractivity contribution in [2.24, 2.45) is 0 Å². The molecule has 0 bridgehead atoms. The molecule has 0 aliphatic carbocycles. The Labute approximate surface area is 132 Å². The summed E-state index contributed by atoms with van der Waals surface area (Å²) >= 11 is 0. The normalized spacial score (nSPS) is 12.4. The molecule has 118 valence electrons. The highest BCUT2D eigenvalue weighted by atomic mass is 16.4. The van der Waals surface area contributed by atoms with Gasteiger partial charge < -0.3 is 9.52 Å². The van der Waals surface area contributed by atoms with E-state index in [4.69, 9.17) is 4.42 Å². The number of oxazole rings is 1. The smallest absolute Gasteiger partial charge is 0.422 e. The Balaban J connectivity index is 1.92. The Bertz CT molecular complexity index is 893. The number of carboxylic acids is 1. The van der Waals surface area contributed by atoms with Crippen LogP contribution in [0.5, 0.6) is 0 Å². The lowest BCUT2D eigenvalue weighted by atomic mass is 10.0. The fourth-order valence-corrected chi connectivity index (χ4v) is 2.57. The number of aliphatic carboxylic acids is 1. The lowest BCUT2D eigenvalue weighted by Gasteiger charge is -2.13. The quantitative estimate of drug-likeness (QED) is 0.782. The van der Waals surface area contributed by atoms with Crippen molar-refractivity contribution in [3.05, 3.63) is 64.3 Å². The molecule has 0 spiro atoms. The van der Waals surface area contributed by atoms with E-state index in [1.165, 1.54) is 6.20 Å². The second-order valence-electron chi connectivity index (χ2n) is 5.44. The highest BCUT2D eigenvalue weighted by Gasteiger charge is 2.25. The molecule has 1 atom stereocenters. The third-order valence-corrected chi connectivity index (χ3v) is 3.80. The van der Waals surface area contributed by atoms with Crippen molar-refractivity contribution in [1.82, 2.24) is 9.55 Å². The fraction of sp³-hybridized carbons (Fsp3) is 0.235. The number of pyridine rings is 1. The van der Waals surface area contributed by atoms with E-state index in [1.54, 1.807) is 12.1 Å². The van der Waals surface area contributed by atoms with Crippen LogP contribution in [0.4, 0.5) is 0 Å². The van der Waals surface area contributed by atoms with E-state index in [0.717, 1.165) is 15.7 Å². The van der Waals surface area contributed by atoms with E-state index in [-0.39, 0.29) is 12.1 Å². The number of hydrogen-bond donors (Lipinski definition) is 1. The first-order valence-corrected chi connectivity index (χ1v) is 7.30. The molecule has 2 heterocycles. The Kier molecular flexibility index (Phi) is 3.97. The summed E-state index contributed by atoms with van der Waals surface area (Å²) < 4.78 is 6.20. The van der Waals surface area contributed by atoms with Gasteiger partial charge in [-0.2, -0.15) is 0 Å². The molecule has 0 radical (unpaired) electrons. The van der Waals surface area contributed by atoms with Crippen molar-refractivity contribution in [3.8, 4) is 0 Å². The minimum atomic E-state index is -1.08. The van der Waals surface area contributed by atoms with Crippen LogP contribution in [0.3, 0.4) is 0 Å². The van der Waals surface area contributed by atoms with Crippen molar-refractivity contribution in [1.29, 1.82) is 0 Å². The first kappa shape index (κ1) is 15.0. The standard InChI is InChI=1S/C17H16N2O4/c1-11-4-6-12(7-5-11)8-9-13(16(20)21)19-15-14(23-17(19)22)3-2-10-18-15/h2-7,10,13H,8-9H2,1H3,(H,20,21). The van der Waals surface area contributed by atoms with Gasteiger partial charge in [-0.15, -0.1) is 0 Å². The molecule has 0 saturated heterocycles. The molecule has 23 heavy (non-hydrogen) atoms. The first-order chi connectivity index (χ1) is 11.1. The van der Waals surface area contributed by atoms with Crippen LogP contribution in [0, 0.1) is 6.92 Å². The third kappa shape index (κ3) is 3.01. The van der Waals surface area contributed by atoms with Gasteiger partial charge in [0.05, 0.1) is 0 Å².